The molecule has 176 valence electrons. The summed E-state index contributed by atoms with van der Waals surface area (Å²) < 4.78 is 0. The lowest BCUT2D eigenvalue weighted by Crippen LogP contribution is -2.30. The number of imidazole rings is 1. The van der Waals surface area contributed by atoms with Gasteiger partial charge in [0.1, 0.15) is 5.69 Å². The lowest BCUT2D eigenvalue weighted by Gasteiger charge is -2.25. The van der Waals surface area contributed by atoms with E-state index in [0.29, 0.717) is 0 Å². The molecule has 5 heteroatoms. The van der Waals surface area contributed by atoms with Crippen molar-refractivity contribution < 1.29 is 0 Å². The van der Waals surface area contributed by atoms with Gasteiger partial charge in [0.05, 0.1) is 16.9 Å². The second kappa shape index (κ2) is 8.82. The van der Waals surface area contributed by atoms with Crippen molar-refractivity contribution in [2.45, 2.75) is 46.7 Å². The first-order chi connectivity index (χ1) is 17.1. The number of rotatable bonds is 5. The molecule has 0 bridgehead atoms. The predicted octanol–water partition coefficient (Wildman–Crippen LogP) is 6.36. The number of H-pyrrole nitrogens is 2. The number of nitrogens with zero attached hydrogens (tertiary/aromatic N) is 3. The lowest BCUT2D eigenvalue weighted by molar-refractivity contribution is 0.241. The molecule has 35 heavy (non-hydrogen) atoms. The van der Waals surface area contributed by atoms with Crippen LogP contribution in [0.2, 0.25) is 0 Å². The standard InChI is InChI=1S/C30H31N5/c1-4-22-14-19(2)20(3)15-25(22)23-10-11-24-27(16-23)33-34-29(24)30-31-26-12-13-35(18-28(26)32-30)17-21-8-6-5-7-9-21/h5-11,14-16H,4,12-13,17-18H2,1-3H3,(H,31,32)(H,33,34). The Morgan fingerprint density at radius 2 is 1.80 bits per heavy atom. The van der Waals surface area contributed by atoms with Crippen molar-refractivity contribution >= 4 is 10.9 Å². The minimum absolute atomic E-state index is 0.857. The van der Waals surface area contributed by atoms with Crippen LogP contribution in [-0.4, -0.2) is 31.6 Å². The summed E-state index contributed by atoms with van der Waals surface area (Å²) >= 11 is 0. The third kappa shape index (κ3) is 4.06. The van der Waals surface area contributed by atoms with Gasteiger partial charge in [-0.3, -0.25) is 10.00 Å². The maximum atomic E-state index is 4.95. The maximum Gasteiger partial charge on any atom is 0.159 e. The molecule has 0 radical (unpaired) electrons. The van der Waals surface area contributed by atoms with Crippen LogP contribution >= 0.6 is 0 Å². The van der Waals surface area contributed by atoms with Crippen LogP contribution in [-0.2, 0) is 25.9 Å². The van der Waals surface area contributed by atoms with Gasteiger partial charge in [0.2, 0.25) is 0 Å². The molecule has 1 aliphatic heterocycles. The molecule has 6 rings (SSSR count). The number of hydrogen-bond acceptors (Lipinski definition) is 3. The molecule has 0 unspecified atom stereocenters. The molecular weight excluding hydrogens is 430 g/mol. The Labute approximate surface area is 206 Å². The number of hydrogen-bond donors (Lipinski definition) is 2. The number of aromatic amines is 2. The molecule has 0 aliphatic carbocycles. The molecule has 5 nitrogen and oxygen atoms in total. The predicted molar refractivity (Wildman–Crippen MR) is 142 cm³/mol. The molecule has 0 amide bonds. The summed E-state index contributed by atoms with van der Waals surface area (Å²) in [7, 11) is 0. The van der Waals surface area contributed by atoms with Gasteiger partial charge in [-0.05, 0) is 65.8 Å². The zero-order valence-electron chi connectivity index (χ0n) is 20.7. The van der Waals surface area contributed by atoms with Crippen LogP contribution in [0.5, 0.6) is 0 Å². The fraction of sp³-hybridized carbons (Fsp3) is 0.267. The lowest BCUT2D eigenvalue weighted by atomic mass is 9.93. The van der Waals surface area contributed by atoms with Crippen LogP contribution in [0, 0.1) is 13.8 Å². The normalized spacial score (nSPS) is 13.9. The van der Waals surface area contributed by atoms with E-state index in [4.69, 9.17) is 4.98 Å². The zero-order chi connectivity index (χ0) is 23.9. The van der Waals surface area contributed by atoms with E-state index in [9.17, 15) is 0 Å². The van der Waals surface area contributed by atoms with E-state index < -0.39 is 0 Å². The summed E-state index contributed by atoms with van der Waals surface area (Å²) in [6.45, 7) is 9.46. The highest BCUT2D eigenvalue weighted by Crippen LogP contribution is 2.33. The highest BCUT2D eigenvalue weighted by atomic mass is 15.2. The van der Waals surface area contributed by atoms with E-state index >= 15 is 0 Å². The zero-order valence-corrected chi connectivity index (χ0v) is 20.7. The Morgan fingerprint density at radius 1 is 0.971 bits per heavy atom. The van der Waals surface area contributed by atoms with Gasteiger partial charge in [0, 0.05) is 31.4 Å². The van der Waals surface area contributed by atoms with Crippen molar-refractivity contribution in [2.24, 2.45) is 0 Å². The van der Waals surface area contributed by atoms with Gasteiger partial charge >= 0.3 is 0 Å². The van der Waals surface area contributed by atoms with Crippen LogP contribution in [0.1, 0.15) is 40.6 Å². The van der Waals surface area contributed by atoms with Crippen molar-refractivity contribution in [3.8, 4) is 22.6 Å². The van der Waals surface area contributed by atoms with Crippen molar-refractivity contribution in [1.29, 1.82) is 0 Å². The summed E-state index contributed by atoms with van der Waals surface area (Å²) in [4.78, 5) is 11.0. The van der Waals surface area contributed by atoms with Gasteiger partial charge < -0.3 is 4.98 Å². The maximum absolute atomic E-state index is 4.95. The van der Waals surface area contributed by atoms with Crippen LogP contribution in [0.4, 0.5) is 0 Å². The molecule has 0 atom stereocenters. The SMILES string of the molecule is CCc1cc(C)c(C)cc1-c1ccc2c(-c3nc4c([nH]3)CN(Cc3ccccc3)CC4)n[nH]c2c1. The molecule has 1 aliphatic rings. The summed E-state index contributed by atoms with van der Waals surface area (Å²) in [5, 5.41) is 9.03. The van der Waals surface area contributed by atoms with E-state index in [1.165, 1.54) is 44.8 Å². The van der Waals surface area contributed by atoms with Crippen molar-refractivity contribution in [3.05, 3.63) is 94.3 Å². The van der Waals surface area contributed by atoms with Crippen LogP contribution < -0.4 is 0 Å². The van der Waals surface area contributed by atoms with Crippen LogP contribution in [0.3, 0.4) is 0 Å². The van der Waals surface area contributed by atoms with Gasteiger partial charge in [-0.25, -0.2) is 4.98 Å². The summed E-state index contributed by atoms with van der Waals surface area (Å²) in [5.74, 6) is 0.857. The second-order valence-electron chi connectivity index (χ2n) is 9.74. The molecule has 3 aromatic carbocycles. The fourth-order valence-corrected chi connectivity index (χ4v) is 5.24. The van der Waals surface area contributed by atoms with E-state index in [2.05, 4.69) is 102 Å². The van der Waals surface area contributed by atoms with Gasteiger partial charge in [-0.15, -0.1) is 0 Å². The van der Waals surface area contributed by atoms with Crippen LogP contribution in [0.25, 0.3) is 33.5 Å². The van der Waals surface area contributed by atoms with E-state index in [0.717, 1.165) is 54.9 Å². The molecule has 0 spiro atoms. The molecule has 0 saturated heterocycles. The molecule has 5 aromatic rings. The summed E-state index contributed by atoms with van der Waals surface area (Å²) in [6, 6.07) is 21.9. The first-order valence-electron chi connectivity index (χ1n) is 12.5. The minimum atomic E-state index is 0.857. The fourth-order valence-electron chi connectivity index (χ4n) is 5.24. The minimum Gasteiger partial charge on any atom is -0.339 e. The largest absolute Gasteiger partial charge is 0.339 e. The first kappa shape index (κ1) is 21.8. The Morgan fingerprint density at radius 3 is 2.63 bits per heavy atom. The smallest absolute Gasteiger partial charge is 0.159 e. The average molecular weight is 462 g/mol. The Bertz CT molecular complexity index is 1510. The van der Waals surface area contributed by atoms with Crippen molar-refractivity contribution in [1.82, 2.24) is 25.1 Å². The third-order valence-corrected chi connectivity index (χ3v) is 7.36. The second-order valence-corrected chi connectivity index (χ2v) is 9.74. The number of aryl methyl sites for hydroxylation is 3. The van der Waals surface area contributed by atoms with E-state index in [1.54, 1.807) is 0 Å². The number of benzene rings is 3. The first-order valence-corrected chi connectivity index (χ1v) is 12.5. The number of nitrogens with one attached hydrogen (secondary N) is 2. The Balaban J connectivity index is 1.29. The molecule has 0 saturated carbocycles. The highest BCUT2D eigenvalue weighted by molar-refractivity contribution is 5.94. The van der Waals surface area contributed by atoms with Crippen molar-refractivity contribution in [3.63, 3.8) is 0 Å². The monoisotopic (exact) mass is 461 g/mol. The molecule has 2 N–H and O–H groups in total. The van der Waals surface area contributed by atoms with E-state index in [1.807, 2.05) is 0 Å². The summed E-state index contributed by atoms with van der Waals surface area (Å²) in [6.07, 6.45) is 1.97. The van der Waals surface area contributed by atoms with Crippen LogP contribution in [0.15, 0.2) is 60.7 Å². The van der Waals surface area contributed by atoms with Gasteiger partial charge in [0.25, 0.3) is 0 Å². The quantitative estimate of drug-likeness (QED) is 0.320. The van der Waals surface area contributed by atoms with Crippen molar-refractivity contribution in [2.75, 3.05) is 6.54 Å². The average Bonchev–Trinajstić information content (AvgIpc) is 3.49. The molecule has 0 fully saturated rings. The molecule has 2 aromatic heterocycles. The summed E-state index contributed by atoms with van der Waals surface area (Å²) in [5.41, 5.74) is 12.2. The molecular formula is C30H31N5. The Kier molecular flexibility index (Phi) is 5.50. The van der Waals surface area contributed by atoms with Gasteiger partial charge in [-0.1, -0.05) is 55.5 Å². The topological polar surface area (TPSA) is 60.6 Å². The van der Waals surface area contributed by atoms with E-state index in [-0.39, 0.29) is 0 Å². The van der Waals surface area contributed by atoms with Gasteiger partial charge in [0.15, 0.2) is 5.82 Å². The highest BCUT2D eigenvalue weighted by Gasteiger charge is 2.22. The number of fused-ring (bicyclic) bond motifs is 2. The van der Waals surface area contributed by atoms with Gasteiger partial charge in [-0.2, -0.15) is 5.10 Å². The molecule has 3 heterocycles. The third-order valence-electron chi connectivity index (χ3n) is 7.36. The number of aromatic nitrogens is 4. The Hall–Kier alpha value is -3.70.